The summed E-state index contributed by atoms with van der Waals surface area (Å²) in [6.07, 6.45) is 8.68. The first kappa shape index (κ1) is 16.4. The summed E-state index contributed by atoms with van der Waals surface area (Å²) in [5.74, 6) is -0.147. The summed E-state index contributed by atoms with van der Waals surface area (Å²) in [5.41, 5.74) is -0.419. The number of aromatic hydroxyl groups is 1. The van der Waals surface area contributed by atoms with Crippen molar-refractivity contribution in [3.63, 3.8) is 0 Å². The van der Waals surface area contributed by atoms with E-state index >= 15 is 0 Å². The van der Waals surface area contributed by atoms with Crippen LogP contribution in [0.5, 0.6) is 5.75 Å². The van der Waals surface area contributed by atoms with Crippen molar-refractivity contribution in [1.29, 1.82) is 0 Å². The fraction of sp³-hybridized carbons (Fsp3) is 0.444. The number of aromatic nitrogens is 3. The fourth-order valence-corrected chi connectivity index (χ4v) is 3.21. The molecule has 0 atom stereocenters. The number of hydrogen-bond donors (Lipinski definition) is 2. The van der Waals surface area contributed by atoms with Gasteiger partial charge in [0.2, 0.25) is 5.75 Å². The number of hydrogen-bond acceptors (Lipinski definition) is 5. The number of rotatable bonds is 5. The Morgan fingerprint density at radius 1 is 1.25 bits per heavy atom. The van der Waals surface area contributed by atoms with Gasteiger partial charge in [-0.3, -0.25) is 14.6 Å². The quantitative estimate of drug-likeness (QED) is 0.823. The summed E-state index contributed by atoms with van der Waals surface area (Å²) < 4.78 is 0. The van der Waals surface area contributed by atoms with Crippen molar-refractivity contribution >= 4 is 5.78 Å². The number of carbonyl (C=O) groups is 1. The Bertz CT molecular complexity index is 765. The number of ketones is 1. The van der Waals surface area contributed by atoms with Crippen LogP contribution in [0.2, 0.25) is 0 Å². The van der Waals surface area contributed by atoms with E-state index in [1.165, 1.54) is 19.3 Å². The number of carbonyl (C=O) groups excluding carboxylic acids is 1. The van der Waals surface area contributed by atoms with E-state index in [9.17, 15) is 14.7 Å². The molecular weight excluding hydrogens is 306 g/mol. The number of Topliss-reactive ketones (excluding diaryl/α,β-unsaturated/α-hetero) is 1. The van der Waals surface area contributed by atoms with Crippen molar-refractivity contribution in [2.75, 3.05) is 0 Å². The van der Waals surface area contributed by atoms with Crippen LogP contribution in [0, 0.1) is 5.92 Å². The van der Waals surface area contributed by atoms with Gasteiger partial charge in [-0.15, -0.1) is 0 Å². The predicted molar refractivity (Wildman–Crippen MR) is 89.9 cm³/mol. The van der Waals surface area contributed by atoms with Gasteiger partial charge in [-0.1, -0.05) is 38.2 Å². The molecule has 0 radical (unpaired) electrons. The second kappa shape index (κ2) is 7.38. The highest BCUT2D eigenvalue weighted by atomic mass is 16.3. The van der Waals surface area contributed by atoms with Crippen LogP contribution >= 0.6 is 0 Å². The summed E-state index contributed by atoms with van der Waals surface area (Å²) in [5, 5.41) is 9.93. The van der Waals surface area contributed by atoms with Gasteiger partial charge in [0.15, 0.2) is 17.3 Å². The van der Waals surface area contributed by atoms with E-state index < -0.39 is 11.3 Å². The SMILES string of the molecule is O=C(CCC1CCCCC1)c1nc(-c2ccccn2)[nH]c(=O)c1O. The van der Waals surface area contributed by atoms with E-state index in [0.717, 1.165) is 19.3 Å². The van der Waals surface area contributed by atoms with Crippen LogP contribution in [0.1, 0.15) is 55.4 Å². The van der Waals surface area contributed by atoms with Gasteiger partial charge in [0.25, 0.3) is 5.56 Å². The normalized spacial score (nSPS) is 15.3. The molecule has 3 rings (SSSR count). The van der Waals surface area contributed by atoms with Crippen LogP contribution < -0.4 is 5.56 Å². The first-order chi connectivity index (χ1) is 11.6. The zero-order chi connectivity index (χ0) is 16.9. The van der Waals surface area contributed by atoms with Crippen molar-refractivity contribution in [3.05, 3.63) is 40.4 Å². The number of aromatic amines is 1. The summed E-state index contributed by atoms with van der Waals surface area (Å²) in [6.45, 7) is 0. The van der Waals surface area contributed by atoms with Crippen LogP contribution in [0.15, 0.2) is 29.2 Å². The molecule has 0 aromatic carbocycles. The Hall–Kier alpha value is -2.50. The monoisotopic (exact) mass is 327 g/mol. The molecule has 2 heterocycles. The van der Waals surface area contributed by atoms with Crippen LogP contribution in [-0.4, -0.2) is 25.8 Å². The number of nitrogens with one attached hydrogen (secondary N) is 1. The highest BCUT2D eigenvalue weighted by molar-refractivity contribution is 5.96. The third kappa shape index (κ3) is 3.69. The van der Waals surface area contributed by atoms with Crippen LogP contribution in [0.25, 0.3) is 11.5 Å². The number of nitrogens with zero attached hydrogens (tertiary/aromatic N) is 2. The van der Waals surface area contributed by atoms with Gasteiger partial charge in [0.1, 0.15) is 5.69 Å². The Morgan fingerprint density at radius 3 is 2.75 bits per heavy atom. The van der Waals surface area contributed by atoms with E-state index in [-0.39, 0.29) is 17.3 Å². The molecule has 6 heteroatoms. The molecule has 126 valence electrons. The van der Waals surface area contributed by atoms with Gasteiger partial charge in [-0.25, -0.2) is 4.98 Å². The molecule has 2 aromatic heterocycles. The molecule has 0 saturated heterocycles. The first-order valence-electron chi connectivity index (χ1n) is 8.43. The fourth-order valence-electron chi connectivity index (χ4n) is 3.21. The smallest absolute Gasteiger partial charge is 0.294 e. The minimum absolute atomic E-state index is 0.157. The highest BCUT2D eigenvalue weighted by Gasteiger charge is 2.21. The molecule has 2 aromatic rings. The van der Waals surface area contributed by atoms with E-state index in [0.29, 0.717) is 18.0 Å². The second-order valence-corrected chi connectivity index (χ2v) is 6.29. The minimum atomic E-state index is -0.716. The number of H-pyrrole nitrogens is 1. The molecule has 1 aliphatic rings. The van der Waals surface area contributed by atoms with Crippen molar-refractivity contribution < 1.29 is 9.90 Å². The molecule has 0 spiro atoms. The largest absolute Gasteiger partial charge is 0.501 e. The summed E-state index contributed by atoms with van der Waals surface area (Å²) in [4.78, 5) is 35.1. The molecule has 24 heavy (non-hydrogen) atoms. The Kier molecular flexibility index (Phi) is 5.03. The van der Waals surface area contributed by atoms with Crippen molar-refractivity contribution in [1.82, 2.24) is 15.0 Å². The molecule has 1 aliphatic carbocycles. The topological polar surface area (TPSA) is 95.9 Å². The van der Waals surface area contributed by atoms with Crippen molar-refractivity contribution in [2.24, 2.45) is 5.92 Å². The molecule has 1 fully saturated rings. The van der Waals surface area contributed by atoms with E-state index in [1.807, 2.05) is 0 Å². The van der Waals surface area contributed by atoms with Crippen molar-refractivity contribution in [2.45, 2.75) is 44.9 Å². The average Bonchev–Trinajstić information content (AvgIpc) is 2.63. The van der Waals surface area contributed by atoms with Gasteiger partial charge >= 0.3 is 0 Å². The zero-order valence-electron chi connectivity index (χ0n) is 13.5. The maximum atomic E-state index is 12.4. The van der Waals surface area contributed by atoms with Crippen molar-refractivity contribution in [3.8, 4) is 17.3 Å². The zero-order valence-corrected chi connectivity index (χ0v) is 13.5. The van der Waals surface area contributed by atoms with E-state index in [1.54, 1.807) is 24.4 Å². The molecule has 1 saturated carbocycles. The third-order valence-electron chi connectivity index (χ3n) is 4.57. The second-order valence-electron chi connectivity index (χ2n) is 6.29. The molecule has 0 aliphatic heterocycles. The molecule has 2 N–H and O–H groups in total. The lowest BCUT2D eigenvalue weighted by molar-refractivity contribution is 0.0962. The molecule has 0 amide bonds. The van der Waals surface area contributed by atoms with Gasteiger partial charge in [-0.05, 0) is 24.5 Å². The Balaban J connectivity index is 1.80. The van der Waals surface area contributed by atoms with Gasteiger partial charge in [0, 0.05) is 12.6 Å². The van der Waals surface area contributed by atoms with Gasteiger partial charge < -0.3 is 10.1 Å². The van der Waals surface area contributed by atoms with E-state index in [2.05, 4.69) is 15.0 Å². The molecular formula is C18H21N3O3. The molecule has 6 nitrogen and oxygen atoms in total. The average molecular weight is 327 g/mol. The lowest BCUT2D eigenvalue weighted by Crippen LogP contribution is -2.17. The van der Waals surface area contributed by atoms with E-state index in [4.69, 9.17) is 0 Å². The Morgan fingerprint density at radius 2 is 2.04 bits per heavy atom. The lowest BCUT2D eigenvalue weighted by Gasteiger charge is -2.20. The summed E-state index contributed by atoms with van der Waals surface area (Å²) >= 11 is 0. The van der Waals surface area contributed by atoms with Crippen LogP contribution in [-0.2, 0) is 0 Å². The molecule has 0 bridgehead atoms. The summed E-state index contributed by atoms with van der Waals surface area (Å²) in [7, 11) is 0. The highest BCUT2D eigenvalue weighted by Crippen LogP contribution is 2.28. The maximum Gasteiger partial charge on any atom is 0.294 e. The Labute approximate surface area is 140 Å². The predicted octanol–water partition coefficient (Wildman–Crippen LogP) is 3.08. The minimum Gasteiger partial charge on any atom is -0.501 e. The third-order valence-corrected chi connectivity index (χ3v) is 4.57. The number of pyridine rings is 1. The standard InChI is InChI=1S/C18H21N3O3/c22-14(10-9-12-6-2-1-3-7-12)15-16(23)18(24)21-17(20-15)13-8-4-5-11-19-13/h4-5,8,11-12,23H,1-3,6-7,9-10H2,(H,20,21,24). The van der Waals surface area contributed by atoms with Gasteiger partial charge in [0.05, 0.1) is 0 Å². The summed E-state index contributed by atoms with van der Waals surface area (Å²) in [6, 6.07) is 5.20. The maximum absolute atomic E-state index is 12.4. The molecule has 0 unspecified atom stereocenters. The first-order valence-corrected chi connectivity index (χ1v) is 8.43. The van der Waals surface area contributed by atoms with Crippen LogP contribution in [0.4, 0.5) is 0 Å². The lowest BCUT2D eigenvalue weighted by atomic mass is 9.85. The van der Waals surface area contributed by atoms with Gasteiger partial charge in [-0.2, -0.15) is 0 Å². The van der Waals surface area contributed by atoms with Crippen LogP contribution in [0.3, 0.4) is 0 Å².